The van der Waals surface area contributed by atoms with Gasteiger partial charge in [0.1, 0.15) is 6.10 Å². The molecule has 0 aliphatic heterocycles. The van der Waals surface area contributed by atoms with Crippen LogP contribution in [0.2, 0.25) is 0 Å². The normalized spacial score (nSPS) is 17.7. The van der Waals surface area contributed by atoms with Gasteiger partial charge >= 0.3 is 0 Å². The molecule has 1 N–H and O–H groups in total. The Morgan fingerprint density at radius 2 is 2.13 bits per heavy atom. The molecule has 1 aromatic heterocycles. The number of H-pyrrole nitrogens is 1. The van der Waals surface area contributed by atoms with Crippen LogP contribution in [0.4, 0.5) is 0 Å². The van der Waals surface area contributed by atoms with Gasteiger partial charge in [-0.05, 0) is 32.6 Å². The van der Waals surface area contributed by atoms with Gasteiger partial charge in [-0.2, -0.15) is 0 Å². The quantitative estimate of drug-likeness (QED) is 0.806. The molecule has 1 aromatic rings. The minimum absolute atomic E-state index is 0.115. The van der Waals surface area contributed by atoms with Gasteiger partial charge in [-0.25, -0.2) is 4.98 Å². The maximum Gasteiger partial charge on any atom is 0.296 e. The van der Waals surface area contributed by atoms with Gasteiger partial charge in [0.05, 0.1) is 0 Å². The third-order valence-corrected chi connectivity index (χ3v) is 2.78. The molecule has 15 heavy (non-hydrogen) atoms. The molecule has 4 nitrogen and oxygen atoms in total. The Balaban J connectivity index is 2.03. The Kier molecular flexibility index (Phi) is 3.04. The van der Waals surface area contributed by atoms with E-state index in [1.165, 1.54) is 19.3 Å². The Morgan fingerprint density at radius 1 is 1.40 bits per heavy atom. The molecule has 1 aliphatic carbocycles. The highest BCUT2D eigenvalue weighted by Crippen LogP contribution is 2.20. The van der Waals surface area contributed by atoms with Crippen LogP contribution in [0, 0.1) is 6.92 Å². The van der Waals surface area contributed by atoms with E-state index in [-0.39, 0.29) is 11.7 Å². The number of hydrogen-bond acceptors (Lipinski definition) is 3. The highest BCUT2D eigenvalue weighted by atomic mass is 16.5. The first-order valence-corrected chi connectivity index (χ1v) is 5.48. The topological polar surface area (TPSA) is 55.0 Å². The summed E-state index contributed by atoms with van der Waals surface area (Å²) in [6, 6.07) is 0.359. The summed E-state index contributed by atoms with van der Waals surface area (Å²) >= 11 is 0. The Hall–Kier alpha value is -1.32. The molecule has 1 saturated carbocycles. The van der Waals surface area contributed by atoms with Gasteiger partial charge in [-0.3, -0.25) is 9.78 Å². The number of nitrogens with one attached hydrogen (secondary N) is 1. The molecule has 0 spiro atoms. The lowest BCUT2D eigenvalue weighted by molar-refractivity contribution is 0.141. The Bertz CT molecular complexity index is 380. The summed E-state index contributed by atoms with van der Waals surface area (Å²) in [5.74, 6) is 0. The van der Waals surface area contributed by atoms with Crippen LogP contribution in [0.5, 0.6) is 6.01 Å². The van der Waals surface area contributed by atoms with Crippen LogP contribution in [-0.4, -0.2) is 16.1 Å². The van der Waals surface area contributed by atoms with Gasteiger partial charge in [-0.1, -0.05) is 6.42 Å². The van der Waals surface area contributed by atoms with Crippen molar-refractivity contribution in [1.82, 2.24) is 9.97 Å². The number of aryl methyl sites for hydroxylation is 1. The van der Waals surface area contributed by atoms with Crippen LogP contribution in [0.25, 0.3) is 0 Å². The number of hydrogen-bond donors (Lipinski definition) is 1. The molecule has 4 heteroatoms. The second kappa shape index (κ2) is 4.47. The first-order chi connectivity index (χ1) is 7.25. The molecular weight excluding hydrogens is 192 g/mol. The SMILES string of the molecule is Cc1cnc(OC2CCCCC2)[nH]c1=O. The van der Waals surface area contributed by atoms with Crippen LogP contribution >= 0.6 is 0 Å². The minimum atomic E-state index is -0.115. The van der Waals surface area contributed by atoms with Crippen molar-refractivity contribution in [1.29, 1.82) is 0 Å². The number of nitrogens with zero attached hydrogens (tertiary/aromatic N) is 1. The molecule has 0 amide bonds. The van der Waals surface area contributed by atoms with Crippen molar-refractivity contribution in [2.24, 2.45) is 0 Å². The summed E-state index contributed by atoms with van der Waals surface area (Å²) in [5.41, 5.74) is 0.502. The number of aromatic nitrogens is 2. The monoisotopic (exact) mass is 208 g/mol. The largest absolute Gasteiger partial charge is 0.461 e. The molecule has 1 aliphatic rings. The maximum atomic E-state index is 11.3. The van der Waals surface area contributed by atoms with E-state index in [0.29, 0.717) is 11.6 Å². The highest BCUT2D eigenvalue weighted by Gasteiger charge is 2.15. The average Bonchev–Trinajstić information content (AvgIpc) is 2.25. The molecule has 82 valence electrons. The zero-order valence-corrected chi connectivity index (χ0v) is 8.95. The molecule has 0 bridgehead atoms. The first-order valence-electron chi connectivity index (χ1n) is 5.48. The van der Waals surface area contributed by atoms with Crippen molar-refractivity contribution < 1.29 is 4.74 Å². The summed E-state index contributed by atoms with van der Waals surface area (Å²) < 4.78 is 5.62. The Labute approximate surface area is 88.7 Å². The van der Waals surface area contributed by atoms with Crippen molar-refractivity contribution in [2.75, 3.05) is 0 Å². The average molecular weight is 208 g/mol. The van der Waals surface area contributed by atoms with Crippen molar-refractivity contribution in [3.8, 4) is 6.01 Å². The van der Waals surface area contributed by atoms with Gasteiger partial charge in [0, 0.05) is 11.8 Å². The summed E-state index contributed by atoms with van der Waals surface area (Å²) in [6.07, 6.45) is 7.62. The fourth-order valence-electron chi connectivity index (χ4n) is 1.84. The molecular formula is C11H16N2O2. The van der Waals surface area contributed by atoms with E-state index in [9.17, 15) is 4.79 Å². The molecule has 0 unspecified atom stereocenters. The zero-order chi connectivity index (χ0) is 10.7. The smallest absolute Gasteiger partial charge is 0.296 e. The summed E-state index contributed by atoms with van der Waals surface area (Å²) in [5, 5.41) is 0. The second-order valence-corrected chi connectivity index (χ2v) is 4.08. The van der Waals surface area contributed by atoms with E-state index in [1.54, 1.807) is 13.1 Å². The summed E-state index contributed by atoms with van der Waals surface area (Å²) in [4.78, 5) is 18.0. The lowest BCUT2D eigenvalue weighted by atomic mass is 9.98. The molecule has 1 heterocycles. The predicted molar refractivity (Wildman–Crippen MR) is 57.1 cm³/mol. The van der Waals surface area contributed by atoms with Crippen LogP contribution in [0.15, 0.2) is 11.0 Å². The molecule has 0 saturated heterocycles. The van der Waals surface area contributed by atoms with E-state index < -0.39 is 0 Å². The molecule has 1 fully saturated rings. The van der Waals surface area contributed by atoms with Crippen LogP contribution in [0.1, 0.15) is 37.7 Å². The lowest BCUT2D eigenvalue weighted by Crippen LogP contribution is -2.22. The Morgan fingerprint density at radius 3 is 2.80 bits per heavy atom. The fraction of sp³-hybridized carbons (Fsp3) is 0.636. The highest BCUT2D eigenvalue weighted by molar-refractivity contribution is 5.05. The standard InChI is InChI=1S/C11H16N2O2/c1-8-7-12-11(13-10(8)14)15-9-5-3-2-4-6-9/h7,9H,2-6H2,1H3,(H,12,13,14). The van der Waals surface area contributed by atoms with Gasteiger partial charge in [0.2, 0.25) is 0 Å². The van der Waals surface area contributed by atoms with Gasteiger partial charge in [-0.15, -0.1) is 0 Å². The maximum absolute atomic E-state index is 11.3. The number of ether oxygens (including phenoxy) is 1. The minimum Gasteiger partial charge on any atom is -0.461 e. The molecule has 2 rings (SSSR count). The van der Waals surface area contributed by atoms with Crippen molar-refractivity contribution >= 4 is 0 Å². The van der Waals surface area contributed by atoms with Crippen molar-refractivity contribution in [3.05, 3.63) is 22.1 Å². The third-order valence-electron chi connectivity index (χ3n) is 2.78. The summed E-state index contributed by atoms with van der Waals surface area (Å²) in [7, 11) is 0. The molecule has 0 atom stereocenters. The van der Waals surface area contributed by atoms with E-state index in [4.69, 9.17) is 4.74 Å². The fourth-order valence-corrected chi connectivity index (χ4v) is 1.84. The van der Waals surface area contributed by atoms with Crippen molar-refractivity contribution in [2.45, 2.75) is 45.1 Å². The zero-order valence-electron chi connectivity index (χ0n) is 8.95. The van der Waals surface area contributed by atoms with E-state index in [0.717, 1.165) is 12.8 Å². The lowest BCUT2D eigenvalue weighted by Gasteiger charge is -2.21. The van der Waals surface area contributed by atoms with Crippen LogP contribution in [0.3, 0.4) is 0 Å². The molecule has 0 radical (unpaired) electrons. The number of rotatable bonds is 2. The molecule has 0 aromatic carbocycles. The van der Waals surface area contributed by atoms with E-state index >= 15 is 0 Å². The first kappa shape index (κ1) is 10.2. The predicted octanol–water partition coefficient (Wildman–Crippen LogP) is 1.79. The van der Waals surface area contributed by atoms with Gasteiger partial charge in [0.15, 0.2) is 0 Å². The number of aromatic amines is 1. The van der Waals surface area contributed by atoms with Crippen molar-refractivity contribution in [3.63, 3.8) is 0 Å². The van der Waals surface area contributed by atoms with Crippen LogP contribution < -0.4 is 10.3 Å². The van der Waals surface area contributed by atoms with E-state index in [2.05, 4.69) is 9.97 Å². The summed E-state index contributed by atoms with van der Waals surface area (Å²) in [6.45, 7) is 1.73. The second-order valence-electron chi connectivity index (χ2n) is 4.08. The van der Waals surface area contributed by atoms with Gasteiger partial charge < -0.3 is 4.74 Å². The van der Waals surface area contributed by atoms with Gasteiger partial charge in [0.25, 0.3) is 11.6 Å². The van der Waals surface area contributed by atoms with E-state index in [1.807, 2.05) is 0 Å². The van der Waals surface area contributed by atoms with Crippen LogP contribution in [-0.2, 0) is 0 Å². The third kappa shape index (κ3) is 2.58.